The lowest BCUT2D eigenvalue weighted by atomic mass is 9.71. The van der Waals surface area contributed by atoms with Gasteiger partial charge < -0.3 is 5.11 Å². The van der Waals surface area contributed by atoms with Gasteiger partial charge in [0.25, 0.3) is 0 Å². The van der Waals surface area contributed by atoms with E-state index in [4.69, 9.17) is 0 Å². The lowest BCUT2D eigenvalue weighted by molar-refractivity contribution is -0.141. The van der Waals surface area contributed by atoms with Crippen LogP contribution in [0.15, 0.2) is 66.8 Å². The second-order valence-electron chi connectivity index (χ2n) is 11.3. The van der Waals surface area contributed by atoms with Crippen molar-refractivity contribution in [1.82, 2.24) is 0 Å². The molecule has 3 heteroatoms. The van der Waals surface area contributed by atoms with Gasteiger partial charge in [-0.1, -0.05) is 145 Å². The first-order valence-corrected chi connectivity index (χ1v) is 15.3. The van der Waals surface area contributed by atoms with E-state index in [0.717, 1.165) is 43.2 Å². The van der Waals surface area contributed by atoms with Crippen LogP contribution in [0.4, 0.5) is 0 Å². The third-order valence-electron chi connectivity index (χ3n) is 8.29. The van der Waals surface area contributed by atoms with E-state index in [1.807, 2.05) is 37.3 Å². The Bertz CT molecular complexity index is 1120. The van der Waals surface area contributed by atoms with Gasteiger partial charge in [0.15, 0.2) is 5.78 Å². The zero-order valence-corrected chi connectivity index (χ0v) is 24.4. The van der Waals surface area contributed by atoms with Crippen LogP contribution in [0.5, 0.6) is 0 Å². The lowest BCUT2D eigenvalue weighted by Gasteiger charge is -2.31. The molecule has 0 aromatic heterocycles. The van der Waals surface area contributed by atoms with Crippen molar-refractivity contribution in [1.29, 1.82) is 0 Å². The van der Waals surface area contributed by atoms with E-state index in [0.29, 0.717) is 17.5 Å². The zero-order valence-electron chi connectivity index (χ0n) is 24.4. The summed E-state index contributed by atoms with van der Waals surface area (Å²) in [4.78, 5) is 26.2. The Morgan fingerprint density at radius 2 is 1.49 bits per heavy atom. The SMILES string of the molecule is CCCCCCCCc1ccc(C2=CCC(C(=O)O)(c3ccccc3C(=O)C(C)CCCCCC)C=C2)cc1. The van der Waals surface area contributed by atoms with Crippen molar-refractivity contribution in [2.24, 2.45) is 5.92 Å². The number of hydrogen-bond donors (Lipinski definition) is 1. The second kappa shape index (κ2) is 15.6. The highest BCUT2D eigenvalue weighted by Crippen LogP contribution is 2.39. The minimum absolute atomic E-state index is 0.0480. The molecule has 2 unspecified atom stereocenters. The Balaban J connectivity index is 1.71. The van der Waals surface area contributed by atoms with Crippen LogP contribution in [0, 0.1) is 5.92 Å². The largest absolute Gasteiger partial charge is 0.480 e. The Hall–Kier alpha value is -2.94. The standard InChI is InChI=1S/C36H48O3/c1-4-6-8-10-11-13-17-29-20-22-30(23-21-29)31-24-26-36(27-25-31,35(38)39)33-19-15-14-18-32(33)34(37)28(3)16-12-9-7-5-2/h14-15,18-26,28H,4-13,16-17,27H2,1-3H3,(H,38,39). The van der Waals surface area contributed by atoms with Crippen LogP contribution in [-0.4, -0.2) is 16.9 Å². The highest BCUT2D eigenvalue weighted by atomic mass is 16.4. The molecule has 1 aliphatic rings. The number of carboxylic acids is 1. The maximum absolute atomic E-state index is 13.5. The number of hydrogen-bond acceptors (Lipinski definition) is 2. The molecule has 0 amide bonds. The third-order valence-corrected chi connectivity index (χ3v) is 8.29. The number of carbonyl (C=O) groups is 2. The van der Waals surface area contributed by atoms with Crippen LogP contribution >= 0.6 is 0 Å². The van der Waals surface area contributed by atoms with Crippen LogP contribution in [0.25, 0.3) is 5.57 Å². The molecule has 2 atom stereocenters. The Kier molecular flexibility index (Phi) is 12.2. The summed E-state index contributed by atoms with van der Waals surface area (Å²) in [6, 6.07) is 16.0. The molecule has 1 N–H and O–H groups in total. The molecular formula is C36H48O3. The molecule has 0 spiro atoms. The molecular weight excluding hydrogens is 480 g/mol. The normalized spacial score (nSPS) is 17.6. The molecule has 0 saturated heterocycles. The number of unbranched alkanes of at least 4 members (excludes halogenated alkanes) is 8. The first kappa shape index (κ1) is 30.6. The fourth-order valence-electron chi connectivity index (χ4n) is 5.66. The Morgan fingerprint density at radius 1 is 0.846 bits per heavy atom. The molecule has 3 nitrogen and oxygen atoms in total. The van der Waals surface area contributed by atoms with Crippen LogP contribution in [0.1, 0.15) is 125 Å². The van der Waals surface area contributed by atoms with Crippen molar-refractivity contribution in [3.63, 3.8) is 0 Å². The molecule has 3 rings (SSSR count). The summed E-state index contributed by atoms with van der Waals surface area (Å²) in [7, 11) is 0. The molecule has 0 fully saturated rings. The number of carbonyl (C=O) groups excluding carboxylic acids is 1. The fourth-order valence-corrected chi connectivity index (χ4v) is 5.66. The number of aliphatic carboxylic acids is 1. The van der Waals surface area contributed by atoms with Crippen molar-refractivity contribution in [2.75, 3.05) is 0 Å². The molecule has 2 aromatic carbocycles. The molecule has 0 bridgehead atoms. The lowest BCUT2D eigenvalue weighted by Crippen LogP contribution is -2.36. The third kappa shape index (κ3) is 8.27. The topological polar surface area (TPSA) is 54.4 Å². The predicted octanol–water partition coefficient (Wildman–Crippen LogP) is 9.74. The summed E-state index contributed by atoms with van der Waals surface area (Å²) < 4.78 is 0. The van der Waals surface area contributed by atoms with Crippen LogP contribution in [0.2, 0.25) is 0 Å². The van der Waals surface area contributed by atoms with Crippen molar-refractivity contribution >= 4 is 17.3 Å². The molecule has 39 heavy (non-hydrogen) atoms. The first-order chi connectivity index (χ1) is 18.9. The fraction of sp³-hybridized carbons (Fsp3) is 0.500. The van der Waals surface area contributed by atoms with Gasteiger partial charge in [-0.2, -0.15) is 0 Å². The van der Waals surface area contributed by atoms with E-state index in [9.17, 15) is 14.7 Å². The highest BCUT2D eigenvalue weighted by molar-refractivity contribution is 6.02. The minimum Gasteiger partial charge on any atom is -0.480 e. The maximum Gasteiger partial charge on any atom is 0.318 e. The number of carboxylic acid groups (broad SMARTS) is 1. The van der Waals surface area contributed by atoms with Gasteiger partial charge in [0.05, 0.1) is 0 Å². The summed E-state index contributed by atoms with van der Waals surface area (Å²) in [6.45, 7) is 6.40. The molecule has 0 aliphatic heterocycles. The summed E-state index contributed by atoms with van der Waals surface area (Å²) in [5.41, 5.74) is 3.39. The summed E-state index contributed by atoms with van der Waals surface area (Å²) in [5.74, 6) is -0.992. The smallest absolute Gasteiger partial charge is 0.318 e. The number of Topliss-reactive ketones (excluding diaryl/α,β-unsaturated/α-hetero) is 1. The molecule has 0 heterocycles. The van der Waals surface area contributed by atoms with Gasteiger partial charge in [-0.3, -0.25) is 9.59 Å². The predicted molar refractivity (Wildman–Crippen MR) is 163 cm³/mol. The van der Waals surface area contributed by atoms with E-state index < -0.39 is 11.4 Å². The number of allylic oxidation sites excluding steroid dienone is 3. The van der Waals surface area contributed by atoms with Gasteiger partial charge in [0.1, 0.15) is 5.41 Å². The summed E-state index contributed by atoms with van der Waals surface area (Å²) >= 11 is 0. The number of benzene rings is 2. The monoisotopic (exact) mass is 528 g/mol. The summed E-state index contributed by atoms with van der Waals surface area (Å²) in [5, 5.41) is 10.4. The average molecular weight is 529 g/mol. The van der Waals surface area contributed by atoms with E-state index in [-0.39, 0.29) is 11.7 Å². The maximum atomic E-state index is 13.5. The highest BCUT2D eigenvalue weighted by Gasteiger charge is 2.41. The molecule has 1 aliphatic carbocycles. The van der Waals surface area contributed by atoms with Crippen molar-refractivity contribution in [3.05, 3.63) is 89.0 Å². The van der Waals surface area contributed by atoms with Crippen LogP contribution in [-0.2, 0) is 16.6 Å². The quantitative estimate of drug-likeness (QED) is 0.164. The van der Waals surface area contributed by atoms with E-state index >= 15 is 0 Å². The van der Waals surface area contributed by atoms with Gasteiger partial charge in [-0.25, -0.2) is 0 Å². The van der Waals surface area contributed by atoms with Crippen molar-refractivity contribution in [3.8, 4) is 0 Å². The number of aryl methyl sites for hydroxylation is 1. The van der Waals surface area contributed by atoms with Crippen LogP contribution < -0.4 is 0 Å². The second-order valence-corrected chi connectivity index (χ2v) is 11.3. The first-order valence-electron chi connectivity index (χ1n) is 15.3. The Labute approximate surface area is 236 Å². The molecule has 210 valence electrons. The van der Waals surface area contributed by atoms with Crippen molar-refractivity contribution in [2.45, 2.75) is 110 Å². The average Bonchev–Trinajstić information content (AvgIpc) is 2.97. The number of ketones is 1. The van der Waals surface area contributed by atoms with Gasteiger partial charge >= 0.3 is 5.97 Å². The molecule has 0 saturated carbocycles. The van der Waals surface area contributed by atoms with E-state index in [2.05, 4.69) is 38.1 Å². The van der Waals surface area contributed by atoms with E-state index in [1.54, 1.807) is 12.1 Å². The van der Waals surface area contributed by atoms with Gasteiger partial charge in [-0.05, 0) is 47.9 Å². The van der Waals surface area contributed by atoms with Gasteiger partial charge in [0.2, 0.25) is 0 Å². The van der Waals surface area contributed by atoms with Gasteiger partial charge in [0, 0.05) is 11.5 Å². The molecule has 2 aromatic rings. The molecule has 0 radical (unpaired) electrons. The van der Waals surface area contributed by atoms with Crippen molar-refractivity contribution < 1.29 is 14.7 Å². The zero-order chi connectivity index (χ0) is 28.1. The van der Waals surface area contributed by atoms with E-state index in [1.165, 1.54) is 50.5 Å². The number of rotatable bonds is 17. The summed E-state index contributed by atoms with van der Waals surface area (Å²) in [6.07, 6.45) is 20.3. The van der Waals surface area contributed by atoms with Crippen LogP contribution in [0.3, 0.4) is 0 Å². The Morgan fingerprint density at radius 3 is 2.13 bits per heavy atom. The van der Waals surface area contributed by atoms with Gasteiger partial charge in [-0.15, -0.1) is 0 Å². The minimum atomic E-state index is -1.24.